The Kier molecular flexibility index (Phi) is 5.26. The Morgan fingerprint density at radius 3 is 2.00 bits per heavy atom. The van der Waals surface area contributed by atoms with E-state index in [4.69, 9.17) is 15.2 Å². The second-order valence-electron chi connectivity index (χ2n) is 4.98. The molecule has 0 aliphatic heterocycles. The van der Waals surface area contributed by atoms with Gasteiger partial charge >= 0.3 is 6.03 Å². The number of carbonyl (C=O) groups is 2. The van der Waals surface area contributed by atoms with E-state index in [0.29, 0.717) is 28.6 Å². The maximum absolute atomic E-state index is 12.5. The molecule has 0 saturated carbocycles. The molecule has 0 heterocycles. The number of carbonyl (C=O) groups excluding carboxylic acids is 2. The van der Waals surface area contributed by atoms with E-state index in [9.17, 15) is 9.59 Å². The van der Waals surface area contributed by atoms with Gasteiger partial charge < -0.3 is 20.5 Å². The molecule has 126 valence electrons. The molecule has 0 aliphatic rings. The van der Waals surface area contributed by atoms with Crippen molar-refractivity contribution >= 4 is 29.0 Å². The Bertz CT molecular complexity index is 722. The molecule has 0 atom stereocenters. The molecule has 0 radical (unpaired) electrons. The summed E-state index contributed by atoms with van der Waals surface area (Å²) >= 11 is 0. The maximum Gasteiger partial charge on any atom is 0.333 e. The highest BCUT2D eigenvalue weighted by molar-refractivity contribution is 6.17. The van der Waals surface area contributed by atoms with Crippen LogP contribution in [0.25, 0.3) is 0 Å². The van der Waals surface area contributed by atoms with Gasteiger partial charge in [-0.3, -0.25) is 4.79 Å². The first-order valence-corrected chi connectivity index (χ1v) is 7.15. The number of anilines is 3. The van der Waals surface area contributed by atoms with Crippen LogP contribution in [-0.2, 0) is 4.79 Å². The molecular formula is C17H19N3O4. The normalized spacial score (nSPS) is 9.96. The number of nitrogen functional groups attached to an aromatic ring is 1. The molecule has 0 unspecified atom stereocenters. The fourth-order valence-electron chi connectivity index (χ4n) is 2.12. The summed E-state index contributed by atoms with van der Waals surface area (Å²) in [5.41, 5.74) is 7.04. The van der Waals surface area contributed by atoms with E-state index < -0.39 is 11.9 Å². The summed E-state index contributed by atoms with van der Waals surface area (Å²) in [5, 5.41) is 2.66. The van der Waals surface area contributed by atoms with Gasteiger partial charge in [0.1, 0.15) is 11.5 Å². The van der Waals surface area contributed by atoms with Gasteiger partial charge in [-0.15, -0.1) is 0 Å². The van der Waals surface area contributed by atoms with Gasteiger partial charge in [0.25, 0.3) is 0 Å². The lowest BCUT2D eigenvalue weighted by molar-refractivity contribution is -0.115. The van der Waals surface area contributed by atoms with E-state index in [0.717, 1.165) is 4.90 Å². The summed E-state index contributed by atoms with van der Waals surface area (Å²) < 4.78 is 10.3. The minimum atomic E-state index is -0.595. The smallest absolute Gasteiger partial charge is 0.333 e. The molecule has 0 aliphatic carbocycles. The second kappa shape index (κ2) is 7.36. The number of nitrogens with zero attached hydrogens (tertiary/aromatic N) is 1. The number of hydrogen-bond acceptors (Lipinski definition) is 5. The van der Waals surface area contributed by atoms with Crippen LogP contribution in [0.3, 0.4) is 0 Å². The van der Waals surface area contributed by atoms with Crippen molar-refractivity contribution in [1.82, 2.24) is 0 Å². The zero-order valence-corrected chi connectivity index (χ0v) is 13.7. The van der Waals surface area contributed by atoms with Crippen LogP contribution in [-0.4, -0.2) is 26.2 Å². The summed E-state index contributed by atoms with van der Waals surface area (Å²) in [4.78, 5) is 25.4. The lowest BCUT2D eigenvalue weighted by Crippen LogP contribution is -2.38. The lowest BCUT2D eigenvalue weighted by atomic mass is 10.2. The van der Waals surface area contributed by atoms with Gasteiger partial charge in [-0.2, -0.15) is 0 Å². The van der Waals surface area contributed by atoms with Crippen molar-refractivity contribution in [3.05, 3.63) is 42.5 Å². The van der Waals surface area contributed by atoms with Crippen LogP contribution in [0.2, 0.25) is 0 Å². The highest BCUT2D eigenvalue weighted by Crippen LogP contribution is 2.26. The third-order valence-electron chi connectivity index (χ3n) is 3.27. The SMILES string of the molecule is COc1cc(NC(=O)N(C(C)=O)c2ccc(N)cc2)cc(OC)c1. The van der Waals surface area contributed by atoms with E-state index in [2.05, 4.69) is 5.32 Å². The molecule has 2 rings (SSSR count). The quantitative estimate of drug-likeness (QED) is 0.841. The number of ether oxygens (including phenoxy) is 2. The summed E-state index contributed by atoms with van der Waals surface area (Å²) in [6.45, 7) is 1.31. The molecule has 0 aromatic heterocycles. The van der Waals surface area contributed by atoms with Gasteiger partial charge in [0, 0.05) is 36.5 Å². The molecule has 3 amide bonds. The predicted molar refractivity (Wildman–Crippen MR) is 92.6 cm³/mol. The van der Waals surface area contributed by atoms with Crippen LogP contribution >= 0.6 is 0 Å². The van der Waals surface area contributed by atoms with Gasteiger partial charge in [0.2, 0.25) is 5.91 Å². The van der Waals surface area contributed by atoms with Crippen LogP contribution in [0.15, 0.2) is 42.5 Å². The predicted octanol–water partition coefficient (Wildman–Crippen LogP) is 2.87. The number of urea groups is 1. The van der Waals surface area contributed by atoms with Crippen molar-refractivity contribution < 1.29 is 19.1 Å². The van der Waals surface area contributed by atoms with Gasteiger partial charge in [0.05, 0.1) is 19.9 Å². The summed E-state index contributed by atoms with van der Waals surface area (Å²) in [6, 6.07) is 10.8. The molecule has 3 N–H and O–H groups in total. The number of hydrogen-bond donors (Lipinski definition) is 2. The van der Waals surface area contributed by atoms with Crippen molar-refractivity contribution in [2.45, 2.75) is 6.92 Å². The Morgan fingerprint density at radius 2 is 1.54 bits per heavy atom. The molecule has 0 bridgehead atoms. The fraction of sp³-hybridized carbons (Fsp3) is 0.176. The van der Waals surface area contributed by atoms with Crippen LogP contribution in [0.4, 0.5) is 21.9 Å². The topological polar surface area (TPSA) is 93.9 Å². The van der Waals surface area contributed by atoms with E-state index in [1.165, 1.54) is 21.1 Å². The summed E-state index contributed by atoms with van der Waals surface area (Å²) in [7, 11) is 3.02. The van der Waals surface area contributed by atoms with Gasteiger partial charge in [0.15, 0.2) is 0 Å². The Morgan fingerprint density at radius 1 is 1.00 bits per heavy atom. The monoisotopic (exact) mass is 329 g/mol. The van der Waals surface area contributed by atoms with Crippen LogP contribution in [0.1, 0.15) is 6.92 Å². The largest absolute Gasteiger partial charge is 0.497 e. The van der Waals surface area contributed by atoms with Crippen LogP contribution in [0, 0.1) is 0 Å². The molecule has 2 aromatic carbocycles. The average molecular weight is 329 g/mol. The first-order valence-electron chi connectivity index (χ1n) is 7.15. The number of methoxy groups -OCH3 is 2. The fourth-order valence-corrected chi connectivity index (χ4v) is 2.12. The Labute approximate surface area is 140 Å². The standard InChI is InChI=1S/C17H19N3O4/c1-11(21)20(14-6-4-12(18)5-7-14)17(22)19-13-8-15(23-2)10-16(9-13)24-3/h4-10H,18H2,1-3H3,(H,19,22). The van der Waals surface area contributed by atoms with E-state index in [-0.39, 0.29) is 0 Å². The highest BCUT2D eigenvalue weighted by atomic mass is 16.5. The Balaban J connectivity index is 2.28. The van der Waals surface area contributed by atoms with Crippen molar-refractivity contribution in [3.63, 3.8) is 0 Å². The molecule has 0 saturated heterocycles. The molecule has 0 fully saturated rings. The number of nitrogens with two attached hydrogens (primary N) is 1. The summed E-state index contributed by atoms with van der Waals surface area (Å²) in [5.74, 6) is 0.616. The molecular weight excluding hydrogens is 310 g/mol. The van der Waals surface area contributed by atoms with Crippen LogP contribution in [0.5, 0.6) is 11.5 Å². The Hall–Kier alpha value is -3.22. The van der Waals surface area contributed by atoms with Gasteiger partial charge in [-0.05, 0) is 24.3 Å². The molecule has 7 nitrogen and oxygen atoms in total. The van der Waals surface area contributed by atoms with E-state index in [1.807, 2.05) is 0 Å². The molecule has 0 spiro atoms. The third kappa shape index (κ3) is 3.95. The van der Waals surface area contributed by atoms with Gasteiger partial charge in [-0.1, -0.05) is 0 Å². The number of nitrogens with one attached hydrogen (secondary N) is 1. The molecule has 7 heteroatoms. The van der Waals surface area contributed by atoms with Crippen molar-refractivity contribution in [2.24, 2.45) is 0 Å². The highest BCUT2D eigenvalue weighted by Gasteiger charge is 2.20. The first kappa shape index (κ1) is 17.1. The van der Waals surface area contributed by atoms with Crippen molar-refractivity contribution in [3.8, 4) is 11.5 Å². The van der Waals surface area contributed by atoms with E-state index in [1.54, 1.807) is 42.5 Å². The maximum atomic E-state index is 12.5. The zero-order valence-electron chi connectivity index (χ0n) is 13.7. The van der Waals surface area contributed by atoms with Crippen molar-refractivity contribution in [1.29, 1.82) is 0 Å². The zero-order chi connectivity index (χ0) is 17.7. The van der Waals surface area contributed by atoms with Crippen LogP contribution < -0.4 is 25.4 Å². The van der Waals surface area contributed by atoms with Crippen molar-refractivity contribution in [2.75, 3.05) is 30.2 Å². The number of amides is 3. The second-order valence-corrected chi connectivity index (χ2v) is 4.98. The minimum Gasteiger partial charge on any atom is -0.497 e. The average Bonchev–Trinajstić information content (AvgIpc) is 2.56. The van der Waals surface area contributed by atoms with E-state index >= 15 is 0 Å². The number of benzene rings is 2. The minimum absolute atomic E-state index is 0.420. The summed E-state index contributed by atoms with van der Waals surface area (Å²) in [6.07, 6.45) is 0. The van der Waals surface area contributed by atoms with Gasteiger partial charge in [-0.25, -0.2) is 9.69 Å². The number of imide groups is 1. The number of rotatable bonds is 4. The third-order valence-corrected chi connectivity index (χ3v) is 3.27. The molecule has 2 aromatic rings. The molecule has 24 heavy (non-hydrogen) atoms. The lowest BCUT2D eigenvalue weighted by Gasteiger charge is -2.20. The first-order chi connectivity index (χ1) is 11.4.